The van der Waals surface area contributed by atoms with Crippen LogP contribution in [-0.4, -0.2) is 13.1 Å². The van der Waals surface area contributed by atoms with Gasteiger partial charge in [-0.2, -0.15) is 0 Å². The van der Waals surface area contributed by atoms with E-state index in [1.165, 1.54) is 17.4 Å². The molecule has 0 radical (unpaired) electrons. The van der Waals surface area contributed by atoms with E-state index in [1.54, 1.807) is 0 Å². The van der Waals surface area contributed by atoms with Crippen molar-refractivity contribution in [2.75, 3.05) is 13.1 Å². The van der Waals surface area contributed by atoms with Crippen molar-refractivity contribution in [3.63, 3.8) is 0 Å². The van der Waals surface area contributed by atoms with Crippen LogP contribution in [0.4, 0.5) is 0 Å². The summed E-state index contributed by atoms with van der Waals surface area (Å²) in [6.07, 6.45) is 3.12. The van der Waals surface area contributed by atoms with Crippen molar-refractivity contribution in [3.05, 3.63) is 34.5 Å². The minimum Gasteiger partial charge on any atom is -0.464 e. The fourth-order valence-corrected chi connectivity index (χ4v) is 2.62. The van der Waals surface area contributed by atoms with Gasteiger partial charge in [0.05, 0.1) is 6.26 Å². The predicted octanol–water partition coefficient (Wildman–Crippen LogP) is 3.27. The highest BCUT2D eigenvalue weighted by Crippen LogP contribution is 2.32. The van der Waals surface area contributed by atoms with E-state index in [1.807, 2.05) is 18.4 Å². The Kier molecular flexibility index (Phi) is 2.29. The molecule has 15 heavy (non-hydrogen) atoms. The van der Waals surface area contributed by atoms with Crippen LogP contribution in [0.5, 0.6) is 0 Å². The van der Waals surface area contributed by atoms with Crippen molar-refractivity contribution in [3.8, 4) is 0 Å². The summed E-state index contributed by atoms with van der Waals surface area (Å²) in [5.41, 5.74) is 2.33. The van der Waals surface area contributed by atoms with Gasteiger partial charge < -0.3 is 9.73 Å². The maximum absolute atomic E-state index is 5.57. The molecule has 1 saturated heterocycles. The number of hydrogen-bond donors (Lipinski definition) is 1. The average Bonchev–Trinajstić information content (AvgIpc) is 2.83. The van der Waals surface area contributed by atoms with Crippen LogP contribution in [0.15, 0.2) is 33.4 Å². The van der Waals surface area contributed by atoms with Gasteiger partial charge in [0.25, 0.3) is 0 Å². The molecule has 0 bridgehead atoms. The molecule has 1 aromatic heterocycles. The van der Waals surface area contributed by atoms with Crippen LogP contribution in [0.25, 0.3) is 11.0 Å². The van der Waals surface area contributed by atoms with Crippen LogP contribution in [-0.2, 0) is 0 Å². The van der Waals surface area contributed by atoms with E-state index in [4.69, 9.17) is 4.42 Å². The van der Waals surface area contributed by atoms with Gasteiger partial charge in [0.15, 0.2) is 0 Å². The second-order valence-corrected chi connectivity index (χ2v) is 4.94. The Morgan fingerprint density at radius 2 is 2.33 bits per heavy atom. The minimum absolute atomic E-state index is 0.612. The van der Waals surface area contributed by atoms with Gasteiger partial charge in [-0.1, -0.05) is 15.9 Å². The molecular formula is C12H12BrNO. The van der Waals surface area contributed by atoms with Gasteiger partial charge in [-0.05, 0) is 31.2 Å². The monoisotopic (exact) mass is 265 g/mol. The van der Waals surface area contributed by atoms with Gasteiger partial charge in [-0.3, -0.25) is 0 Å². The second-order valence-electron chi connectivity index (χ2n) is 4.02. The summed E-state index contributed by atoms with van der Waals surface area (Å²) in [6, 6.07) is 6.18. The lowest BCUT2D eigenvalue weighted by Gasteiger charge is -2.05. The Balaban J connectivity index is 2.13. The Hall–Kier alpha value is -0.800. The molecule has 3 rings (SSSR count). The van der Waals surface area contributed by atoms with E-state index in [0.29, 0.717) is 5.92 Å². The van der Waals surface area contributed by atoms with E-state index in [9.17, 15) is 0 Å². The summed E-state index contributed by atoms with van der Waals surface area (Å²) < 4.78 is 6.68. The molecule has 0 amide bonds. The standard InChI is InChI=1S/C12H12BrNO/c13-9-1-2-12-10(5-9)11(7-15-12)8-3-4-14-6-8/h1-2,5,7-8,14H,3-4,6H2. The lowest BCUT2D eigenvalue weighted by molar-refractivity contribution is 0.602. The molecule has 0 spiro atoms. The van der Waals surface area contributed by atoms with Crippen LogP contribution >= 0.6 is 15.9 Å². The lowest BCUT2D eigenvalue weighted by atomic mass is 9.98. The van der Waals surface area contributed by atoms with Gasteiger partial charge in [0.2, 0.25) is 0 Å². The molecule has 0 saturated carbocycles. The SMILES string of the molecule is Brc1ccc2occ(C3CCNC3)c2c1. The summed E-state index contributed by atoms with van der Waals surface area (Å²) >= 11 is 3.50. The largest absolute Gasteiger partial charge is 0.464 e. The molecule has 2 aromatic rings. The molecule has 1 fully saturated rings. The smallest absolute Gasteiger partial charge is 0.134 e. The Morgan fingerprint density at radius 3 is 3.13 bits per heavy atom. The summed E-state index contributed by atoms with van der Waals surface area (Å²) in [5, 5.41) is 4.63. The highest BCUT2D eigenvalue weighted by Gasteiger charge is 2.20. The number of fused-ring (bicyclic) bond motifs is 1. The van der Waals surface area contributed by atoms with Crippen molar-refractivity contribution < 1.29 is 4.42 Å². The van der Waals surface area contributed by atoms with E-state index in [0.717, 1.165) is 23.1 Å². The van der Waals surface area contributed by atoms with Crippen molar-refractivity contribution in [1.82, 2.24) is 5.32 Å². The van der Waals surface area contributed by atoms with Crippen LogP contribution in [0.3, 0.4) is 0 Å². The summed E-state index contributed by atoms with van der Waals surface area (Å²) in [5.74, 6) is 0.612. The Morgan fingerprint density at radius 1 is 1.40 bits per heavy atom. The molecule has 1 aliphatic heterocycles. The molecule has 3 heteroatoms. The summed E-state index contributed by atoms with van der Waals surface area (Å²) in [4.78, 5) is 0. The van der Waals surface area contributed by atoms with Crippen molar-refractivity contribution in [2.45, 2.75) is 12.3 Å². The quantitative estimate of drug-likeness (QED) is 0.856. The first kappa shape index (κ1) is 9.43. The zero-order valence-electron chi connectivity index (χ0n) is 8.29. The fourth-order valence-electron chi connectivity index (χ4n) is 2.26. The number of halogens is 1. The third-order valence-electron chi connectivity index (χ3n) is 3.07. The fraction of sp³-hybridized carbons (Fsp3) is 0.333. The molecule has 1 aromatic carbocycles. The minimum atomic E-state index is 0.612. The maximum atomic E-state index is 5.57. The third-order valence-corrected chi connectivity index (χ3v) is 3.56. The topological polar surface area (TPSA) is 25.2 Å². The van der Waals surface area contributed by atoms with Gasteiger partial charge in [-0.15, -0.1) is 0 Å². The first-order valence-corrected chi connectivity index (χ1v) is 6.01. The highest BCUT2D eigenvalue weighted by molar-refractivity contribution is 9.10. The zero-order chi connectivity index (χ0) is 10.3. The third kappa shape index (κ3) is 1.60. The van der Waals surface area contributed by atoms with E-state index in [2.05, 4.69) is 27.3 Å². The molecule has 2 heterocycles. The highest BCUT2D eigenvalue weighted by atomic mass is 79.9. The van der Waals surface area contributed by atoms with E-state index < -0.39 is 0 Å². The van der Waals surface area contributed by atoms with Crippen LogP contribution in [0.1, 0.15) is 17.9 Å². The normalized spacial score (nSPS) is 21.3. The molecular weight excluding hydrogens is 254 g/mol. The number of benzene rings is 1. The number of hydrogen-bond acceptors (Lipinski definition) is 2. The predicted molar refractivity (Wildman–Crippen MR) is 64.1 cm³/mol. The number of nitrogens with one attached hydrogen (secondary N) is 1. The Bertz CT molecular complexity index is 485. The van der Waals surface area contributed by atoms with Gasteiger partial charge >= 0.3 is 0 Å². The first-order valence-electron chi connectivity index (χ1n) is 5.22. The Labute approximate surface area is 96.8 Å². The molecule has 78 valence electrons. The molecule has 1 unspecified atom stereocenters. The number of rotatable bonds is 1. The zero-order valence-corrected chi connectivity index (χ0v) is 9.88. The second kappa shape index (κ2) is 3.65. The molecule has 2 nitrogen and oxygen atoms in total. The van der Waals surface area contributed by atoms with Gasteiger partial charge in [0, 0.05) is 27.9 Å². The lowest BCUT2D eigenvalue weighted by Crippen LogP contribution is -2.07. The van der Waals surface area contributed by atoms with Crippen LogP contribution in [0.2, 0.25) is 0 Å². The maximum Gasteiger partial charge on any atom is 0.134 e. The van der Waals surface area contributed by atoms with Crippen molar-refractivity contribution in [2.24, 2.45) is 0 Å². The van der Waals surface area contributed by atoms with Crippen molar-refractivity contribution in [1.29, 1.82) is 0 Å². The van der Waals surface area contributed by atoms with Crippen LogP contribution < -0.4 is 5.32 Å². The van der Waals surface area contributed by atoms with Crippen LogP contribution in [0, 0.1) is 0 Å². The molecule has 1 N–H and O–H groups in total. The molecule has 1 aliphatic rings. The number of furan rings is 1. The molecule has 0 aliphatic carbocycles. The average molecular weight is 266 g/mol. The van der Waals surface area contributed by atoms with Gasteiger partial charge in [-0.25, -0.2) is 0 Å². The van der Waals surface area contributed by atoms with Gasteiger partial charge in [0.1, 0.15) is 5.58 Å². The summed E-state index contributed by atoms with van der Waals surface area (Å²) in [6.45, 7) is 2.19. The van der Waals surface area contributed by atoms with Crippen molar-refractivity contribution >= 4 is 26.9 Å². The summed E-state index contributed by atoms with van der Waals surface area (Å²) in [7, 11) is 0. The van der Waals surface area contributed by atoms with E-state index in [-0.39, 0.29) is 0 Å². The first-order chi connectivity index (χ1) is 7.34. The van der Waals surface area contributed by atoms with E-state index >= 15 is 0 Å². The molecule has 1 atom stereocenters.